The molecule has 0 aliphatic heterocycles. The van der Waals surface area contributed by atoms with Crippen LogP contribution in [0.1, 0.15) is 31.2 Å². The molecule has 1 N–H and O–H groups in total. The smallest absolute Gasteiger partial charge is 0.242 e. The summed E-state index contributed by atoms with van der Waals surface area (Å²) in [7, 11) is 0. The molecule has 0 bridgehead atoms. The van der Waals surface area contributed by atoms with Gasteiger partial charge in [0.25, 0.3) is 0 Å². The Morgan fingerprint density at radius 3 is 2.87 bits per heavy atom. The number of aromatic nitrogens is 2. The Hall–Kier alpha value is -1.58. The van der Waals surface area contributed by atoms with Crippen molar-refractivity contribution in [1.29, 1.82) is 0 Å². The Balaban J connectivity index is 2.24. The summed E-state index contributed by atoms with van der Waals surface area (Å²) in [5.41, 5.74) is 2.48. The quantitative estimate of drug-likeness (QED) is 0.607. The number of nitrogens with zero attached hydrogens (tertiary/aromatic N) is 2. The first-order chi connectivity index (χ1) is 7.16. The van der Waals surface area contributed by atoms with Gasteiger partial charge in [-0.2, -0.15) is 0 Å². The van der Waals surface area contributed by atoms with Crippen molar-refractivity contribution < 1.29 is 4.74 Å². The third kappa shape index (κ3) is 2.46. The lowest BCUT2D eigenvalue weighted by Gasteiger charge is -2.06. The number of aryl methyl sites for hydroxylation is 1. The zero-order valence-corrected chi connectivity index (χ0v) is 9.08. The number of ether oxygens (including phenoxy) is 1. The molecule has 1 aliphatic carbocycles. The summed E-state index contributed by atoms with van der Waals surface area (Å²) < 4.78 is 5.70. The zero-order chi connectivity index (χ0) is 10.8. The number of aliphatic imine (C=N–C) groups is 1. The number of allylic oxidation sites excluding steroid dienone is 1. The second-order valence-electron chi connectivity index (χ2n) is 3.85. The van der Waals surface area contributed by atoms with Crippen LogP contribution in [-0.2, 0) is 4.74 Å². The lowest BCUT2D eigenvalue weighted by atomic mass is 10.3. The van der Waals surface area contributed by atoms with Gasteiger partial charge in [-0.1, -0.05) is 6.58 Å². The van der Waals surface area contributed by atoms with Crippen molar-refractivity contribution >= 4 is 5.90 Å². The summed E-state index contributed by atoms with van der Waals surface area (Å²) in [4.78, 5) is 11.5. The van der Waals surface area contributed by atoms with Crippen molar-refractivity contribution in [2.75, 3.05) is 0 Å². The van der Waals surface area contributed by atoms with E-state index in [9.17, 15) is 0 Å². The number of nitrogens with one attached hydrogen (secondary N) is 1. The summed E-state index contributed by atoms with van der Waals surface area (Å²) in [5, 5.41) is 0. The van der Waals surface area contributed by atoms with E-state index < -0.39 is 0 Å². The molecular weight excluding hydrogens is 190 g/mol. The van der Waals surface area contributed by atoms with E-state index in [0.717, 1.165) is 29.9 Å². The molecule has 0 atom stereocenters. The van der Waals surface area contributed by atoms with Gasteiger partial charge in [0, 0.05) is 11.4 Å². The van der Waals surface area contributed by atoms with E-state index >= 15 is 0 Å². The number of hydrogen-bond donors (Lipinski definition) is 1. The molecule has 1 aliphatic rings. The molecule has 1 saturated carbocycles. The molecular formula is C11H15N3O. The summed E-state index contributed by atoms with van der Waals surface area (Å²) >= 11 is 0. The molecule has 15 heavy (non-hydrogen) atoms. The predicted octanol–water partition coefficient (Wildman–Crippen LogP) is 2.18. The number of rotatable bonds is 3. The Morgan fingerprint density at radius 2 is 2.40 bits per heavy atom. The first-order valence-electron chi connectivity index (χ1n) is 5.08. The third-order valence-corrected chi connectivity index (χ3v) is 2.13. The third-order valence-electron chi connectivity index (χ3n) is 2.13. The highest BCUT2D eigenvalue weighted by atomic mass is 16.5. The van der Waals surface area contributed by atoms with Crippen LogP contribution >= 0.6 is 0 Å². The standard InChI is InChI=1S/C11H15N3O/c1-7(2)14-11(15-9-4-5-9)10-8(3)12-6-13-10/h6,9H,1,4-5H2,2-3H3,(H,12,13)/b14-11+. The Kier molecular flexibility index (Phi) is 2.58. The SMILES string of the molecule is C=C(C)/N=C(/OC1CC1)c1nc[nH]c1C. The highest BCUT2D eigenvalue weighted by Gasteiger charge is 2.26. The maximum absolute atomic E-state index is 5.70. The molecule has 4 nitrogen and oxygen atoms in total. The molecule has 0 unspecified atom stereocenters. The number of hydrogen-bond acceptors (Lipinski definition) is 3. The molecule has 0 spiro atoms. The van der Waals surface area contributed by atoms with E-state index in [2.05, 4.69) is 21.5 Å². The lowest BCUT2D eigenvalue weighted by molar-refractivity contribution is 0.289. The van der Waals surface area contributed by atoms with Gasteiger partial charge in [0.1, 0.15) is 11.8 Å². The molecule has 0 saturated heterocycles. The van der Waals surface area contributed by atoms with Gasteiger partial charge in [-0.3, -0.25) is 0 Å². The maximum Gasteiger partial charge on any atom is 0.242 e. The van der Waals surface area contributed by atoms with Crippen LogP contribution in [0.25, 0.3) is 0 Å². The fourth-order valence-corrected chi connectivity index (χ4v) is 1.23. The number of aromatic amines is 1. The summed E-state index contributed by atoms with van der Waals surface area (Å²) in [6, 6.07) is 0. The Labute approximate surface area is 89.1 Å². The molecule has 1 aromatic rings. The molecule has 0 aromatic carbocycles. The Morgan fingerprint density at radius 1 is 1.67 bits per heavy atom. The summed E-state index contributed by atoms with van der Waals surface area (Å²) in [6.07, 6.45) is 4.19. The van der Waals surface area contributed by atoms with E-state index in [-0.39, 0.29) is 0 Å². The van der Waals surface area contributed by atoms with Crippen molar-refractivity contribution in [2.45, 2.75) is 32.8 Å². The van der Waals surface area contributed by atoms with Crippen LogP contribution in [0.2, 0.25) is 0 Å². The van der Waals surface area contributed by atoms with Gasteiger partial charge >= 0.3 is 0 Å². The van der Waals surface area contributed by atoms with Crippen molar-refractivity contribution in [3.05, 3.63) is 30.0 Å². The second-order valence-corrected chi connectivity index (χ2v) is 3.85. The van der Waals surface area contributed by atoms with E-state index in [1.54, 1.807) is 6.33 Å². The van der Waals surface area contributed by atoms with Crippen molar-refractivity contribution in [3.8, 4) is 0 Å². The van der Waals surface area contributed by atoms with Crippen LogP contribution in [0.5, 0.6) is 0 Å². The van der Waals surface area contributed by atoms with Gasteiger partial charge in [0.05, 0.1) is 6.33 Å². The monoisotopic (exact) mass is 205 g/mol. The highest BCUT2D eigenvalue weighted by Crippen LogP contribution is 2.25. The van der Waals surface area contributed by atoms with E-state index in [1.807, 2.05) is 13.8 Å². The molecule has 1 fully saturated rings. The molecule has 80 valence electrons. The lowest BCUT2D eigenvalue weighted by Crippen LogP contribution is -2.10. The van der Waals surface area contributed by atoms with E-state index in [1.165, 1.54) is 0 Å². The minimum absolute atomic E-state index is 0.319. The number of imidazole rings is 1. The van der Waals surface area contributed by atoms with Gasteiger partial charge in [-0.05, 0) is 26.7 Å². The van der Waals surface area contributed by atoms with Crippen LogP contribution in [0.3, 0.4) is 0 Å². The minimum Gasteiger partial charge on any atom is -0.473 e. The largest absolute Gasteiger partial charge is 0.473 e. The molecule has 2 rings (SSSR count). The number of H-pyrrole nitrogens is 1. The topological polar surface area (TPSA) is 50.3 Å². The fourth-order valence-electron chi connectivity index (χ4n) is 1.23. The highest BCUT2D eigenvalue weighted by molar-refractivity contribution is 5.94. The maximum atomic E-state index is 5.70. The van der Waals surface area contributed by atoms with E-state index in [0.29, 0.717) is 12.0 Å². The molecule has 4 heteroatoms. The zero-order valence-electron chi connectivity index (χ0n) is 9.08. The van der Waals surface area contributed by atoms with Gasteiger partial charge in [-0.25, -0.2) is 9.98 Å². The predicted molar refractivity (Wildman–Crippen MR) is 58.8 cm³/mol. The molecule has 0 amide bonds. The molecule has 1 heterocycles. The van der Waals surface area contributed by atoms with Crippen molar-refractivity contribution in [3.63, 3.8) is 0 Å². The van der Waals surface area contributed by atoms with Crippen molar-refractivity contribution in [2.24, 2.45) is 4.99 Å². The molecule has 0 radical (unpaired) electrons. The van der Waals surface area contributed by atoms with Gasteiger partial charge in [0.15, 0.2) is 0 Å². The van der Waals surface area contributed by atoms with E-state index in [4.69, 9.17) is 4.74 Å². The summed E-state index contributed by atoms with van der Waals surface area (Å²) in [5.74, 6) is 0.587. The van der Waals surface area contributed by atoms with Gasteiger partial charge in [0.2, 0.25) is 5.90 Å². The van der Waals surface area contributed by atoms with Crippen molar-refractivity contribution in [1.82, 2.24) is 9.97 Å². The molecule has 1 aromatic heterocycles. The van der Waals surface area contributed by atoms with Crippen LogP contribution in [0, 0.1) is 6.92 Å². The first-order valence-corrected chi connectivity index (χ1v) is 5.08. The van der Waals surface area contributed by atoms with Crippen LogP contribution in [0.15, 0.2) is 23.6 Å². The summed E-state index contributed by atoms with van der Waals surface area (Å²) in [6.45, 7) is 7.55. The first kappa shape index (κ1) is 9.96. The van der Waals surface area contributed by atoms with Crippen LogP contribution < -0.4 is 0 Å². The van der Waals surface area contributed by atoms with Crippen LogP contribution in [-0.4, -0.2) is 22.0 Å². The average molecular weight is 205 g/mol. The van der Waals surface area contributed by atoms with Crippen LogP contribution in [0.4, 0.5) is 0 Å². The Bertz CT molecular complexity index is 402. The minimum atomic E-state index is 0.319. The fraction of sp³-hybridized carbons (Fsp3) is 0.455. The van der Waals surface area contributed by atoms with Gasteiger partial charge in [-0.15, -0.1) is 0 Å². The van der Waals surface area contributed by atoms with Gasteiger partial charge < -0.3 is 9.72 Å². The second kappa shape index (κ2) is 3.88. The normalized spacial score (nSPS) is 16.5. The average Bonchev–Trinajstić information content (AvgIpc) is 2.86.